The lowest BCUT2D eigenvalue weighted by molar-refractivity contribution is -0.137. The number of aromatic nitrogens is 2. The molecule has 0 saturated carbocycles. The highest BCUT2D eigenvalue weighted by Gasteiger charge is 2.25. The molecule has 18 heavy (non-hydrogen) atoms. The molecular weight excluding hydrogens is 238 g/mol. The Morgan fingerprint density at radius 1 is 1.56 bits per heavy atom. The summed E-state index contributed by atoms with van der Waals surface area (Å²) in [5.74, 6) is -0.655. The molecule has 1 aromatic rings. The molecule has 1 saturated heterocycles. The SMILES string of the molecule is O=C(O)Cn1ccnc(N2CC[C@@H](CO)C2)c1=O. The van der Waals surface area contributed by atoms with Crippen LogP contribution in [-0.2, 0) is 11.3 Å². The smallest absolute Gasteiger partial charge is 0.323 e. The average Bonchev–Trinajstić information content (AvgIpc) is 2.80. The van der Waals surface area contributed by atoms with E-state index in [2.05, 4.69) is 4.98 Å². The molecule has 0 bridgehead atoms. The molecule has 1 aliphatic rings. The number of anilines is 1. The standard InChI is InChI=1S/C11H15N3O4/c15-7-8-1-3-13(5-8)10-11(18)14(4-2-12-10)6-9(16)17/h2,4,8,15H,1,3,5-7H2,(H,16,17)/t8-/m1/s1. The molecule has 0 spiro atoms. The van der Waals surface area contributed by atoms with Crippen molar-refractivity contribution in [3.8, 4) is 0 Å². The lowest BCUT2D eigenvalue weighted by atomic mass is 10.1. The monoisotopic (exact) mass is 253 g/mol. The highest BCUT2D eigenvalue weighted by molar-refractivity contribution is 5.66. The molecule has 0 unspecified atom stereocenters. The van der Waals surface area contributed by atoms with Crippen LogP contribution in [-0.4, -0.2) is 45.4 Å². The van der Waals surface area contributed by atoms with E-state index in [4.69, 9.17) is 10.2 Å². The summed E-state index contributed by atoms with van der Waals surface area (Å²) in [5, 5.41) is 17.8. The zero-order valence-corrected chi connectivity index (χ0v) is 9.82. The van der Waals surface area contributed by atoms with Crippen LogP contribution >= 0.6 is 0 Å². The van der Waals surface area contributed by atoms with Crippen LogP contribution in [0.2, 0.25) is 0 Å². The maximum absolute atomic E-state index is 12.0. The van der Waals surface area contributed by atoms with Crippen molar-refractivity contribution in [1.82, 2.24) is 9.55 Å². The normalized spacial score (nSPS) is 19.2. The Balaban J connectivity index is 2.24. The Morgan fingerprint density at radius 3 is 2.94 bits per heavy atom. The minimum atomic E-state index is -1.07. The van der Waals surface area contributed by atoms with Crippen molar-refractivity contribution >= 4 is 11.8 Å². The van der Waals surface area contributed by atoms with Gasteiger partial charge in [0.1, 0.15) is 6.54 Å². The van der Waals surface area contributed by atoms with E-state index in [0.29, 0.717) is 13.1 Å². The number of carboxylic acids is 1. The van der Waals surface area contributed by atoms with Crippen LogP contribution in [0, 0.1) is 5.92 Å². The number of aliphatic hydroxyl groups is 1. The summed E-state index contributed by atoms with van der Waals surface area (Å²) in [5.41, 5.74) is -0.404. The number of carbonyl (C=O) groups is 1. The molecule has 2 N–H and O–H groups in total. The molecule has 7 nitrogen and oxygen atoms in total. The quantitative estimate of drug-likeness (QED) is 0.725. The molecule has 0 aliphatic carbocycles. The van der Waals surface area contributed by atoms with Crippen molar-refractivity contribution in [3.05, 3.63) is 22.7 Å². The first kappa shape index (κ1) is 12.6. The van der Waals surface area contributed by atoms with Crippen LogP contribution in [0.25, 0.3) is 0 Å². The molecule has 7 heteroatoms. The van der Waals surface area contributed by atoms with Crippen LogP contribution in [0.5, 0.6) is 0 Å². The Hall–Kier alpha value is -1.89. The van der Waals surface area contributed by atoms with Gasteiger partial charge >= 0.3 is 5.97 Å². The van der Waals surface area contributed by atoms with E-state index in [9.17, 15) is 9.59 Å². The number of rotatable bonds is 4. The molecule has 1 atom stereocenters. The summed E-state index contributed by atoms with van der Waals surface area (Å²) >= 11 is 0. The van der Waals surface area contributed by atoms with Crippen molar-refractivity contribution in [2.45, 2.75) is 13.0 Å². The van der Waals surface area contributed by atoms with Gasteiger partial charge in [-0.1, -0.05) is 0 Å². The predicted molar refractivity (Wildman–Crippen MR) is 63.5 cm³/mol. The fraction of sp³-hybridized carbons (Fsp3) is 0.545. The van der Waals surface area contributed by atoms with Gasteiger partial charge in [0.25, 0.3) is 5.56 Å². The Kier molecular flexibility index (Phi) is 3.61. The first-order chi connectivity index (χ1) is 8.61. The van der Waals surface area contributed by atoms with Crippen LogP contribution in [0.3, 0.4) is 0 Å². The lowest BCUT2D eigenvalue weighted by Crippen LogP contribution is -2.33. The van der Waals surface area contributed by atoms with Crippen molar-refractivity contribution in [1.29, 1.82) is 0 Å². The maximum atomic E-state index is 12.0. The topological polar surface area (TPSA) is 95.7 Å². The summed E-state index contributed by atoms with van der Waals surface area (Å²) in [6.07, 6.45) is 3.59. The van der Waals surface area contributed by atoms with Gasteiger partial charge in [0.15, 0.2) is 5.82 Å². The van der Waals surface area contributed by atoms with E-state index in [-0.39, 0.29) is 24.9 Å². The first-order valence-corrected chi connectivity index (χ1v) is 5.75. The number of aliphatic hydroxyl groups excluding tert-OH is 1. The van der Waals surface area contributed by atoms with Gasteiger partial charge in [-0.25, -0.2) is 4.98 Å². The molecular formula is C11H15N3O4. The molecule has 2 heterocycles. The van der Waals surface area contributed by atoms with E-state index >= 15 is 0 Å². The Morgan fingerprint density at radius 2 is 2.33 bits per heavy atom. The van der Waals surface area contributed by atoms with Crippen molar-refractivity contribution in [2.75, 3.05) is 24.6 Å². The molecule has 2 rings (SSSR count). The van der Waals surface area contributed by atoms with Gasteiger partial charge in [0.2, 0.25) is 0 Å². The lowest BCUT2D eigenvalue weighted by Gasteiger charge is -2.16. The van der Waals surface area contributed by atoms with Crippen molar-refractivity contribution in [3.63, 3.8) is 0 Å². The fourth-order valence-corrected chi connectivity index (χ4v) is 2.10. The largest absolute Gasteiger partial charge is 0.480 e. The van der Waals surface area contributed by atoms with Crippen LogP contribution < -0.4 is 10.5 Å². The number of hydrogen-bond acceptors (Lipinski definition) is 5. The second-order valence-corrected chi connectivity index (χ2v) is 4.36. The van der Waals surface area contributed by atoms with Gasteiger partial charge in [-0.2, -0.15) is 0 Å². The van der Waals surface area contributed by atoms with Gasteiger partial charge in [0.05, 0.1) is 0 Å². The molecule has 1 aromatic heterocycles. The summed E-state index contributed by atoms with van der Waals surface area (Å²) in [4.78, 5) is 28.5. The van der Waals surface area contributed by atoms with E-state index < -0.39 is 11.5 Å². The minimum absolute atomic E-state index is 0.0899. The van der Waals surface area contributed by atoms with Crippen LogP contribution in [0.1, 0.15) is 6.42 Å². The average molecular weight is 253 g/mol. The summed E-state index contributed by atoms with van der Waals surface area (Å²) in [6, 6.07) is 0. The molecule has 0 aromatic carbocycles. The Bertz CT molecular complexity index is 499. The first-order valence-electron chi connectivity index (χ1n) is 5.75. The molecule has 98 valence electrons. The van der Waals surface area contributed by atoms with Crippen molar-refractivity contribution < 1.29 is 15.0 Å². The predicted octanol–water partition coefficient (Wildman–Crippen LogP) is -0.853. The minimum Gasteiger partial charge on any atom is -0.480 e. The summed E-state index contributed by atoms with van der Waals surface area (Å²) in [6.45, 7) is 0.957. The number of carboxylic acid groups (broad SMARTS) is 1. The highest BCUT2D eigenvalue weighted by atomic mass is 16.4. The second-order valence-electron chi connectivity index (χ2n) is 4.36. The van der Waals surface area contributed by atoms with E-state index in [1.54, 1.807) is 4.90 Å². The van der Waals surface area contributed by atoms with E-state index in [1.165, 1.54) is 12.4 Å². The Labute approximate surface area is 103 Å². The molecule has 1 fully saturated rings. The molecule has 1 aliphatic heterocycles. The zero-order chi connectivity index (χ0) is 13.1. The third kappa shape index (κ3) is 2.51. The number of aliphatic carboxylic acids is 1. The second kappa shape index (κ2) is 5.18. The number of hydrogen-bond donors (Lipinski definition) is 2. The molecule has 0 amide bonds. The van der Waals surface area contributed by atoms with Gasteiger partial charge in [-0.05, 0) is 6.42 Å². The highest BCUT2D eigenvalue weighted by Crippen LogP contribution is 2.18. The van der Waals surface area contributed by atoms with Gasteiger partial charge < -0.3 is 15.1 Å². The van der Waals surface area contributed by atoms with Crippen molar-refractivity contribution in [2.24, 2.45) is 5.92 Å². The third-order valence-electron chi connectivity index (χ3n) is 3.04. The van der Waals surface area contributed by atoms with Crippen LogP contribution in [0.4, 0.5) is 5.82 Å². The third-order valence-corrected chi connectivity index (χ3v) is 3.04. The zero-order valence-electron chi connectivity index (χ0n) is 9.82. The van der Waals surface area contributed by atoms with Crippen LogP contribution in [0.15, 0.2) is 17.2 Å². The van der Waals surface area contributed by atoms with Gasteiger partial charge in [-0.15, -0.1) is 0 Å². The summed E-state index contributed by atoms with van der Waals surface area (Å²) < 4.78 is 1.12. The van der Waals surface area contributed by atoms with E-state index in [0.717, 1.165) is 11.0 Å². The fourth-order valence-electron chi connectivity index (χ4n) is 2.10. The van der Waals surface area contributed by atoms with E-state index in [1.807, 2.05) is 0 Å². The van der Waals surface area contributed by atoms with Gasteiger partial charge in [-0.3, -0.25) is 14.2 Å². The molecule has 0 radical (unpaired) electrons. The summed E-state index contributed by atoms with van der Waals surface area (Å²) in [7, 11) is 0. The maximum Gasteiger partial charge on any atom is 0.323 e. The van der Waals surface area contributed by atoms with Gasteiger partial charge in [0, 0.05) is 38.0 Å². The number of nitrogens with zero attached hydrogens (tertiary/aromatic N) is 3.